The Labute approximate surface area is 178 Å². The SMILES string of the molecule is Cc1ccc(C2Nc3ccc(S(=O)(=O)NCC4CCCO4)cc3C3C=CCC32)cc1. The number of ether oxygens (including phenoxy) is 1. The number of anilines is 1. The maximum absolute atomic E-state index is 12.9. The van der Waals surface area contributed by atoms with Gasteiger partial charge in [0, 0.05) is 24.8 Å². The van der Waals surface area contributed by atoms with Crippen LogP contribution in [-0.2, 0) is 14.8 Å². The predicted octanol–water partition coefficient (Wildman–Crippen LogP) is 4.28. The number of rotatable bonds is 5. The van der Waals surface area contributed by atoms with Crippen molar-refractivity contribution in [1.29, 1.82) is 0 Å². The number of hydrogen-bond donors (Lipinski definition) is 2. The van der Waals surface area contributed by atoms with Crippen LogP contribution in [0, 0.1) is 12.8 Å². The standard InChI is InChI=1S/C24H28N2O3S/c1-16-7-9-17(10-8-16)24-21-6-2-5-20(21)22-14-19(11-12-23(22)26-24)30(27,28)25-15-18-4-3-13-29-18/h2,5,7-12,14,18,20-21,24-26H,3-4,6,13,15H2,1H3. The van der Waals surface area contributed by atoms with E-state index in [9.17, 15) is 8.42 Å². The Bertz CT molecular complexity index is 1060. The summed E-state index contributed by atoms with van der Waals surface area (Å²) in [5.41, 5.74) is 4.62. The fourth-order valence-corrected chi connectivity index (χ4v) is 6.04. The molecule has 2 aromatic carbocycles. The van der Waals surface area contributed by atoms with E-state index in [-0.39, 0.29) is 18.1 Å². The van der Waals surface area contributed by atoms with Gasteiger partial charge < -0.3 is 10.1 Å². The maximum atomic E-state index is 12.9. The van der Waals surface area contributed by atoms with Crippen molar-refractivity contribution >= 4 is 15.7 Å². The molecule has 0 bridgehead atoms. The van der Waals surface area contributed by atoms with Crippen LogP contribution < -0.4 is 10.0 Å². The maximum Gasteiger partial charge on any atom is 0.240 e. The van der Waals surface area contributed by atoms with Gasteiger partial charge in [0.15, 0.2) is 0 Å². The van der Waals surface area contributed by atoms with Crippen molar-refractivity contribution in [2.75, 3.05) is 18.5 Å². The molecule has 1 fully saturated rings. The van der Waals surface area contributed by atoms with Gasteiger partial charge in [-0.05, 0) is 61.4 Å². The van der Waals surface area contributed by atoms with Gasteiger partial charge in [0.05, 0.1) is 17.0 Å². The molecule has 3 aliphatic rings. The van der Waals surface area contributed by atoms with E-state index in [1.165, 1.54) is 11.1 Å². The van der Waals surface area contributed by atoms with Crippen LogP contribution in [-0.4, -0.2) is 27.7 Å². The fourth-order valence-electron chi connectivity index (χ4n) is 4.93. The summed E-state index contributed by atoms with van der Waals surface area (Å²) >= 11 is 0. The molecule has 1 aliphatic carbocycles. The van der Waals surface area contributed by atoms with Gasteiger partial charge in [0.1, 0.15) is 0 Å². The number of aryl methyl sites for hydroxylation is 1. The molecule has 0 amide bonds. The van der Waals surface area contributed by atoms with Crippen LogP contribution in [0.5, 0.6) is 0 Å². The third kappa shape index (κ3) is 3.68. The predicted molar refractivity (Wildman–Crippen MR) is 118 cm³/mol. The molecule has 30 heavy (non-hydrogen) atoms. The van der Waals surface area contributed by atoms with E-state index in [1.807, 2.05) is 12.1 Å². The van der Waals surface area contributed by atoms with Gasteiger partial charge in [-0.2, -0.15) is 0 Å². The second kappa shape index (κ2) is 7.84. The number of hydrogen-bond acceptors (Lipinski definition) is 4. The highest BCUT2D eigenvalue weighted by atomic mass is 32.2. The van der Waals surface area contributed by atoms with E-state index >= 15 is 0 Å². The minimum absolute atomic E-state index is 0.0171. The molecule has 0 spiro atoms. The smallest absolute Gasteiger partial charge is 0.240 e. The highest BCUT2D eigenvalue weighted by molar-refractivity contribution is 7.89. The van der Waals surface area contributed by atoms with Gasteiger partial charge in [-0.3, -0.25) is 0 Å². The first-order chi connectivity index (χ1) is 14.5. The molecule has 2 N–H and O–H groups in total. The largest absolute Gasteiger partial charge is 0.378 e. The van der Waals surface area contributed by atoms with E-state index in [0.717, 1.165) is 30.5 Å². The summed E-state index contributed by atoms with van der Waals surface area (Å²) in [5.74, 6) is 0.610. The second-order valence-corrected chi connectivity index (χ2v) is 10.4. The van der Waals surface area contributed by atoms with E-state index in [1.54, 1.807) is 6.07 Å². The fraction of sp³-hybridized carbons (Fsp3) is 0.417. The summed E-state index contributed by atoms with van der Waals surface area (Å²) in [6.07, 6.45) is 7.34. The molecule has 4 unspecified atom stereocenters. The van der Waals surface area contributed by atoms with Crippen LogP contribution in [0.15, 0.2) is 59.5 Å². The van der Waals surface area contributed by atoms with Gasteiger partial charge in [-0.1, -0.05) is 42.0 Å². The summed E-state index contributed by atoms with van der Waals surface area (Å²) in [7, 11) is -3.56. The summed E-state index contributed by atoms with van der Waals surface area (Å²) in [6.45, 7) is 3.15. The summed E-state index contributed by atoms with van der Waals surface area (Å²) in [6, 6.07) is 14.4. The minimum Gasteiger partial charge on any atom is -0.378 e. The quantitative estimate of drug-likeness (QED) is 0.703. The van der Waals surface area contributed by atoms with E-state index in [2.05, 4.69) is 53.4 Å². The molecule has 4 atom stereocenters. The van der Waals surface area contributed by atoms with Crippen molar-refractivity contribution in [3.63, 3.8) is 0 Å². The van der Waals surface area contributed by atoms with Crippen molar-refractivity contribution in [2.45, 2.75) is 49.1 Å². The highest BCUT2D eigenvalue weighted by Gasteiger charge is 2.38. The number of benzene rings is 2. The summed E-state index contributed by atoms with van der Waals surface area (Å²) in [4.78, 5) is 0.328. The Kier molecular flexibility index (Phi) is 5.17. The lowest BCUT2D eigenvalue weighted by Crippen LogP contribution is -2.32. The van der Waals surface area contributed by atoms with Crippen LogP contribution >= 0.6 is 0 Å². The Hall–Kier alpha value is -2.15. The van der Waals surface area contributed by atoms with Crippen LogP contribution in [0.25, 0.3) is 0 Å². The second-order valence-electron chi connectivity index (χ2n) is 8.62. The lowest BCUT2D eigenvalue weighted by atomic mass is 9.77. The summed E-state index contributed by atoms with van der Waals surface area (Å²) in [5, 5.41) is 3.68. The van der Waals surface area contributed by atoms with Crippen LogP contribution in [0.2, 0.25) is 0 Å². The molecule has 5 nitrogen and oxygen atoms in total. The highest BCUT2D eigenvalue weighted by Crippen LogP contribution is 2.50. The Morgan fingerprint density at radius 3 is 2.77 bits per heavy atom. The van der Waals surface area contributed by atoms with Crippen LogP contribution in [0.4, 0.5) is 5.69 Å². The molecule has 158 valence electrons. The minimum atomic E-state index is -3.56. The van der Waals surface area contributed by atoms with Crippen molar-refractivity contribution in [2.24, 2.45) is 5.92 Å². The average molecular weight is 425 g/mol. The first-order valence-corrected chi connectivity index (χ1v) is 12.2. The molecule has 1 saturated heterocycles. The van der Waals surface area contributed by atoms with Crippen molar-refractivity contribution in [3.8, 4) is 0 Å². The third-order valence-electron chi connectivity index (χ3n) is 6.61. The van der Waals surface area contributed by atoms with E-state index in [4.69, 9.17) is 4.74 Å². The molecule has 0 saturated carbocycles. The number of nitrogens with one attached hydrogen (secondary N) is 2. The Balaban J connectivity index is 1.42. The molecule has 5 rings (SSSR count). The molecular weight excluding hydrogens is 396 g/mol. The Morgan fingerprint density at radius 2 is 2.00 bits per heavy atom. The van der Waals surface area contributed by atoms with Crippen molar-refractivity contribution < 1.29 is 13.2 Å². The van der Waals surface area contributed by atoms with Gasteiger partial charge in [0.25, 0.3) is 0 Å². The van der Waals surface area contributed by atoms with Gasteiger partial charge in [0.2, 0.25) is 10.0 Å². The zero-order chi connectivity index (χ0) is 20.7. The molecule has 2 heterocycles. The summed E-state index contributed by atoms with van der Waals surface area (Å²) < 4.78 is 34.0. The number of allylic oxidation sites excluding steroid dienone is 2. The molecule has 6 heteroatoms. The Morgan fingerprint density at radius 1 is 1.17 bits per heavy atom. The normalized spacial score (nSPS) is 27.5. The van der Waals surface area contributed by atoms with Crippen molar-refractivity contribution in [3.05, 3.63) is 71.3 Å². The monoisotopic (exact) mass is 424 g/mol. The van der Waals surface area contributed by atoms with Gasteiger partial charge >= 0.3 is 0 Å². The lowest BCUT2D eigenvalue weighted by molar-refractivity contribution is 0.114. The molecule has 0 aromatic heterocycles. The zero-order valence-corrected chi connectivity index (χ0v) is 18.0. The van der Waals surface area contributed by atoms with Crippen LogP contribution in [0.3, 0.4) is 0 Å². The van der Waals surface area contributed by atoms with Gasteiger partial charge in [-0.25, -0.2) is 13.1 Å². The van der Waals surface area contributed by atoms with E-state index < -0.39 is 10.0 Å². The molecule has 2 aromatic rings. The van der Waals surface area contributed by atoms with Crippen LogP contribution in [0.1, 0.15) is 47.9 Å². The van der Waals surface area contributed by atoms with Gasteiger partial charge in [-0.15, -0.1) is 0 Å². The topological polar surface area (TPSA) is 67.4 Å². The molecule has 0 radical (unpaired) electrons. The average Bonchev–Trinajstić information content (AvgIpc) is 3.44. The molecule has 2 aliphatic heterocycles. The van der Waals surface area contributed by atoms with E-state index in [0.29, 0.717) is 24.0 Å². The molecular formula is C24H28N2O3S. The third-order valence-corrected chi connectivity index (χ3v) is 8.03. The number of sulfonamides is 1. The first kappa shape index (κ1) is 19.8. The zero-order valence-electron chi connectivity index (χ0n) is 17.2. The first-order valence-electron chi connectivity index (χ1n) is 10.8. The lowest BCUT2D eigenvalue weighted by Gasteiger charge is -2.37. The van der Waals surface area contributed by atoms with Crippen molar-refractivity contribution in [1.82, 2.24) is 4.72 Å². The number of fused-ring (bicyclic) bond motifs is 3.